The van der Waals surface area contributed by atoms with Crippen LogP contribution in [0.3, 0.4) is 0 Å². The highest BCUT2D eigenvalue weighted by atomic mass is 16.2. The lowest BCUT2D eigenvalue weighted by Gasteiger charge is -2.04. The number of rotatable bonds is 5. The van der Waals surface area contributed by atoms with E-state index in [1.165, 1.54) is 11.0 Å². The van der Waals surface area contributed by atoms with Crippen LogP contribution in [0.2, 0.25) is 0 Å². The molecule has 0 aliphatic heterocycles. The van der Waals surface area contributed by atoms with Gasteiger partial charge in [0.05, 0.1) is 24.5 Å². The number of hydrogen-bond acceptors (Lipinski definition) is 4. The second-order valence-electron chi connectivity index (χ2n) is 6.10. The molecule has 3 aromatic heterocycles. The van der Waals surface area contributed by atoms with Crippen LogP contribution in [0.5, 0.6) is 0 Å². The van der Waals surface area contributed by atoms with Crippen molar-refractivity contribution in [2.45, 2.75) is 26.9 Å². The van der Waals surface area contributed by atoms with Gasteiger partial charge in [0.1, 0.15) is 6.54 Å². The van der Waals surface area contributed by atoms with Gasteiger partial charge in [-0.3, -0.25) is 9.48 Å². The zero-order chi connectivity index (χ0) is 18.1. The molecule has 0 radical (unpaired) electrons. The van der Waals surface area contributed by atoms with Crippen molar-refractivity contribution in [3.63, 3.8) is 0 Å². The second-order valence-corrected chi connectivity index (χ2v) is 6.10. The molecule has 0 atom stereocenters. The lowest BCUT2D eigenvalue weighted by Crippen LogP contribution is -2.19. The van der Waals surface area contributed by atoms with E-state index in [4.69, 9.17) is 0 Å². The number of nitrogens with zero attached hydrogens (tertiary/aromatic N) is 5. The van der Waals surface area contributed by atoms with Crippen LogP contribution in [0.4, 0.5) is 5.82 Å². The van der Waals surface area contributed by atoms with E-state index in [9.17, 15) is 4.79 Å². The number of aromatic amines is 1. The summed E-state index contributed by atoms with van der Waals surface area (Å²) in [6.07, 6.45) is 3.31. The van der Waals surface area contributed by atoms with E-state index in [1.807, 2.05) is 32.0 Å². The molecule has 0 aliphatic rings. The molecule has 4 aromatic rings. The predicted octanol–water partition coefficient (Wildman–Crippen LogP) is 2.59. The van der Waals surface area contributed by atoms with Crippen LogP contribution < -0.4 is 5.32 Å². The molecule has 0 aliphatic carbocycles. The van der Waals surface area contributed by atoms with Crippen LogP contribution in [0.1, 0.15) is 12.6 Å². The quantitative estimate of drug-likeness (QED) is 0.579. The van der Waals surface area contributed by atoms with E-state index < -0.39 is 0 Å². The first-order chi connectivity index (χ1) is 12.6. The van der Waals surface area contributed by atoms with Crippen molar-refractivity contribution in [1.82, 2.24) is 29.8 Å². The first-order valence-electron chi connectivity index (χ1n) is 8.44. The number of aromatic nitrogens is 6. The molecule has 0 fully saturated rings. The summed E-state index contributed by atoms with van der Waals surface area (Å²) in [5.41, 5.74) is 4.18. The number of H-pyrrole nitrogens is 1. The first kappa shape index (κ1) is 16.1. The maximum absolute atomic E-state index is 12.3. The molecule has 0 spiro atoms. The Hall–Kier alpha value is -3.42. The molecule has 0 saturated carbocycles. The highest BCUT2D eigenvalue weighted by molar-refractivity contribution is 5.91. The van der Waals surface area contributed by atoms with Gasteiger partial charge in [-0.05, 0) is 43.7 Å². The minimum atomic E-state index is -0.192. The molecule has 8 heteroatoms. The van der Waals surface area contributed by atoms with Gasteiger partial charge in [-0.15, -0.1) is 5.10 Å². The summed E-state index contributed by atoms with van der Waals surface area (Å²) in [5.74, 6) is 0.250. The van der Waals surface area contributed by atoms with Crippen molar-refractivity contribution in [2.75, 3.05) is 5.32 Å². The summed E-state index contributed by atoms with van der Waals surface area (Å²) in [7, 11) is 0. The summed E-state index contributed by atoms with van der Waals surface area (Å²) in [6, 6.07) is 10.2. The topological polar surface area (TPSA) is 93.4 Å². The van der Waals surface area contributed by atoms with Crippen LogP contribution in [0.15, 0.2) is 42.7 Å². The van der Waals surface area contributed by atoms with Crippen LogP contribution in [0, 0.1) is 6.92 Å². The van der Waals surface area contributed by atoms with Gasteiger partial charge in [-0.25, -0.2) is 0 Å². The van der Waals surface area contributed by atoms with E-state index in [0.29, 0.717) is 12.4 Å². The van der Waals surface area contributed by atoms with Gasteiger partial charge in [0.2, 0.25) is 5.91 Å². The van der Waals surface area contributed by atoms with E-state index >= 15 is 0 Å². The number of hydrogen-bond donors (Lipinski definition) is 2. The third-order valence-electron chi connectivity index (χ3n) is 4.16. The standard InChI is InChI=1S/C18H19N7O/c1-3-25-20-10-17(23-25)22-18(26)11-24-16-7-5-13(8-14(16)9-19-24)15-6-4-12(2)21-15/h4-10,21H,3,11H2,1-2H3,(H,22,23,26). The van der Waals surface area contributed by atoms with Crippen LogP contribution in [-0.2, 0) is 17.9 Å². The van der Waals surface area contributed by atoms with E-state index in [2.05, 4.69) is 37.7 Å². The van der Waals surface area contributed by atoms with Gasteiger partial charge >= 0.3 is 0 Å². The lowest BCUT2D eigenvalue weighted by molar-refractivity contribution is -0.116. The third kappa shape index (κ3) is 3.08. The summed E-state index contributed by atoms with van der Waals surface area (Å²) >= 11 is 0. The number of benzene rings is 1. The number of carbonyl (C=O) groups is 1. The highest BCUT2D eigenvalue weighted by Gasteiger charge is 2.11. The molecule has 1 amide bonds. The Labute approximate surface area is 149 Å². The third-order valence-corrected chi connectivity index (χ3v) is 4.16. The molecule has 0 bridgehead atoms. The Balaban J connectivity index is 1.52. The Morgan fingerprint density at radius 2 is 2.08 bits per heavy atom. The molecule has 3 heterocycles. The van der Waals surface area contributed by atoms with Gasteiger partial charge in [0.15, 0.2) is 5.82 Å². The van der Waals surface area contributed by atoms with Gasteiger partial charge in [-0.1, -0.05) is 6.07 Å². The SMILES string of the molecule is CCn1ncc(NC(=O)Cn2ncc3cc(-c4ccc(C)[nH]4)ccc32)n1. The summed E-state index contributed by atoms with van der Waals surface area (Å²) in [5, 5.41) is 16.3. The number of fused-ring (bicyclic) bond motifs is 1. The minimum Gasteiger partial charge on any atom is -0.359 e. The Bertz CT molecular complexity index is 1070. The zero-order valence-electron chi connectivity index (χ0n) is 14.6. The van der Waals surface area contributed by atoms with Crippen LogP contribution in [0.25, 0.3) is 22.2 Å². The number of amides is 1. The fraction of sp³-hybridized carbons (Fsp3) is 0.222. The van der Waals surface area contributed by atoms with E-state index in [0.717, 1.165) is 27.9 Å². The fourth-order valence-electron chi connectivity index (χ4n) is 2.88. The summed E-state index contributed by atoms with van der Waals surface area (Å²) in [6.45, 7) is 4.73. The molecule has 26 heavy (non-hydrogen) atoms. The molecule has 2 N–H and O–H groups in total. The van der Waals surface area contributed by atoms with E-state index in [-0.39, 0.29) is 12.5 Å². The number of carbonyl (C=O) groups excluding carboxylic acids is 1. The average molecular weight is 349 g/mol. The molecule has 0 saturated heterocycles. The Morgan fingerprint density at radius 3 is 2.81 bits per heavy atom. The Morgan fingerprint density at radius 1 is 1.19 bits per heavy atom. The van der Waals surface area contributed by atoms with Crippen molar-refractivity contribution in [3.05, 3.63) is 48.4 Å². The van der Waals surface area contributed by atoms with Gasteiger partial charge in [0.25, 0.3) is 0 Å². The molecule has 8 nitrogen and oxygen atoms in total. The van der Waals surface area contributed by atoms with Crippen molar-refractivity contribution in [3.8, 4) is 11.3 Å². The fourth-order valence-corrected chi connectivity index (χ4v) is 2.88. The summed E-state index contributed by atoms with van der Waals surface area (Å²) in [4.78, 5) is 17.1. The Kier molecular flexibility index (Phi) is 4.00. The van der Waals surface area contributed by atoms with E-state index in [1.54, 1.807) is 10.9 Å². The molecule has 0 unspecified atom stereocenters. The number of aryl methyl sites for hydroxylation is 2. The number of anilines is 1. The van der Waals surface area contributed by atoms with Crippen molar-refractivity contribution in [2.24, 2.45) is 0 Å². The highest BCUT2D eigenvalue weighted by Crippen LogP contribution is 2.24. The molecular weight excluding hydrogens is 330 g/mol. The average Bonchev–Trinajstić information content (AvgIpc) is 3.35. The summed E-state index contributed by atoms with van der Waals surface area (Å²) < 4.78 is 1.68. The van der Waals surface area contributed by atoms with Crippen molar-refractivity contribution < 1.29 is 4.79 Å². The van der Waals surface area contributed by atoms with Crippen molar-refractivity contribution in [1.29, 1.82) is 0 Å². The molecule has 4 rings (SSSR count). The largest absolute Gasteiger partial charge is 0.359 e. The van der Waals surface area contributed by atoms with Crippen LogP contribution in [-0.4, -0.2) is 35.7 Å². The molecular formula is C18H19N7O. The second kappa shape index (κ2) is 6.47. The minimum absolute atomic E-state index is 0.115. The van der Waals surface area contributed by atoms with Crippen LogP contribution >= 0.6 is 0 Å². The smallest absolute Gasteiger partial charge is 0.247 e. The lowest BCUT2D eigenvalue weighted by atomic mass is 10.1. The first-order valence-corrected chi connectivity index (χ1v) is 8.44. The maximum atomic E-state index is 12.3. The normalized spacial score (nSPS) is 11.2. The van der Waals surface area contributed by atoms with Gasteiger partial charge in [-0.2, -0.15) is 15.0 Å². The predicted molar refractivity (Wildman–Crippen MR) is 98.6 cm³/mol. The molecule has 1 aromatic carbocycles. The maximum Gasteiger partial charge on any atom is 0.247 e. The number of nitrogens with one attached hydrogen (secondary N) is 2. The van der Waals surface area contributed by atoms with Gasteiger partial charge in [0, 0.05) is 16.8 Å². The van der Waals surface area contributed by atoms with Crippen molar-refractivity contribution >= 4 is 22.6 Å². The molecule has 132 valence electrons. The van der Waals surface area contributed by atoms with Gasteiger partial charge < -0.3 is 10.3 Å². The zero-order valence-corrected chi connectivity index (χ0v) is 14.6. The monoisotopic (exact) mass is 349 g/mol.